The highest BCUT2D eigenvalue weighted by molar-refractivity contribution is 9.10. The van der Waals surface area contributed by atoms with E-state index in [1.165, 1.54) is 4.90 Å². The zero-order valence-electron chi connectivity index (χ0n) is 13.6. The molecule has 2 amide bonds. The molecule has 1 heterocycles. The van der Waals surface area contributed by atoms with E-state index in [4.69, 9.17) is 4.74 Å². The van der Waals surface area contributed by atoms with Crippen molar-refractivity contribution < 1.29 is 14.3 Å². The summed E-state index contributed by atoms with van der Waals surface area (Å²) in [6.45, 7) is 0.377. The fraction of sp³-hybridized carbons (Fsp3) is 0.158. The largest absolute Gasteiger partial charge is 0.496 e. The number of hydrogen-bond donors (Lipinski definition) is 0. The van der Waals surface area contributed by atoms with Crippen LogP contribution in [0.5, 0.6) is 5.75 Å². The third-order valence-corrected chi connectivity index (χ3v) is 5.22. The number of ether oxygens (including phenoxy) is 1. The van der Waals surface area contributed by atoms with Crippen molar-refractivity contribution in [1.29, 1.82) is 0 Å². The van der Waals surface area contributed by atoms with Crippen LogP contribution in [0.3, 0.4) is 0 Å². The van der Waals surface area contributed by atoms with Crippen molar-refractivity contribution in [1.82, 2.24) is 4.90 Å². The lowest BCUT2D eigenvalue weighted by molar-refractivity contribution is -0.122. The lowest BCUT2D eigenvalue weighted by Crippen LogP contribution is -2.30. The second kappa shape index (κ2) is 7.89. The molecule has 3 rings (SSSR count). The van der Waals surface area contributed by atoms with Crippen molar-refractivity contribution in [2.24, 2.45) is 0 Å². The molecule has 2 aromatic carbocycles. The third kappa shape index (κ3) is 4.14. The van der Waals surface area contributed by atoms with Crippen LogP contribution in [0.25, 0.3) is 6.08 Å². The quantitative estimate of drug-likeness (QED) is 0.659. The molecule has 128 valence electrons. The first-order valence-corrected chi connectivity index (χ1v) is 9.32. The molecular weight excluding hydrogens is 402 g/mol. The molecule has 0 aliphatic carbocycles. The zero-order chi connectivity index (χ0) is 17.8. The van der Waals surface area contributed by atoms with E-state index >= 15 is 0 Å². The highest BCUT2D eigenvalue weighted by Gasteiger charge is 2.34. The van der Waals surface area contributed by atoms with Crippen molar-refractivity contribution in [3.05, 3.63) is 69.0 Å². The van der Waals surface area contributed by atoms with Crippen LogP contribution in [-0.2, 0) is 11.2 Å². The zero-order valence-corrected chi connectivity index (χ0v) is 16.0. The van der Waals surface area contributed by atoms with Gasteiger partial charge in [-0.05, 0) is 48.0 Å². The van der Waals surface area contributed by atoms with E-state index in [9.17, 15) is 9.59 Å². The average molecular weight is 418 g/mol. The molecule has 0 N–H and O–H groups in total. The minimum absolute atomic E-state index is 0.235. The second-order valence-corrected chi connectivity index (χ2v) is 7.36. The van der Waals surface area contributed by atoms with Crippen molar-refractivity contribution in [3.63, 3.8) is 0 Å². The molecule has 1 saturated heterocycles. The number of benzene rings is 2. The van der Waals surface area contributed by atoms with Gasteiger partial charge in [-0.3, -0.25) is 14.5 Å². The van der Waals surface area contributed by atoms with Crippen LogP contribution >= 0.6 is 27.7 Å². The molecule has 0 radical (unpaired) electrons. The van der Waals surface area contributed by atoms with E-state index in [1.54, 1.807) is 13.2 Å². The number of imide groups is 1. The van der Waals surface area contributed by atoms with Crippen molar-refractivity contribution in [3.8, 4) is 5.75 Å². The number of carbonyl (C=O) groups excluding carboxylic acids is 2. The van der Waals surface area contributed by atoms with E-state index in [2.05, 4.69) is 15.9 Å². The smallest absolute Gasteiger partial charge is 0.293 e. The van der Waals surface area contributed by atoms with Crippen LogP contribution in [0.4, 0.5) is 4.79 Å². The Morgan fingerprint density at radius 1 is 1.16 bits per heavy atom. The van der Waals surface area contributed by atoms with Crippen LogP contribution in [0.15, 0.2) is 57.9 Å². The van der Waals surface area contributed by atoms with Crippen LogP contribution in [-0.4, -0.2) is 29.7 Å². The number of halogens is 1. The molecule has 0 atom stereocenters. The Balaban J connectivity index is 1.78. The van der Waals surface area contributed by atoms with Gasteiger partial charge in [0.25, 0.3) is 11.1 Å². The Bertz CT molecular complexity index is 836. The first-order chi connectivity index (χ1) is 12.1. The van der Waals surface area contributed by atoms with E-state index in [-0.39, 0.29) is 11.1 Å². The summed E-state index contributed by atoms with van der Waals surface area (Å²) in [5, 5.41) is -0.235. The standard InChI is InChI=1S/C19H16BrNO3S/c1-24-16-8-7-15(20)11-14(16)12-17-18(22)21(19(23)25-17)10-9-13-5-3-2-4-6-13/h2-8,11-12H,9-10H2,1H3/b17-12-. The van der Waals surface area contributed by atoms with Gasteiger partial charge in [0.15, 0.2) is 0 Å². The number of nitrogens with zero attached hydrogens (tertiary/aromatic N) is 1. The third-order valence-electron chi connectivity index (χ3n) is 3.82. The molecule has 1 aliphatic rings. The molecule has 0 spiro atoms. The number of hydrogen-bond acceptors (Lipinski definition) is 4. The number of methoxy groups -OCH3 is 1. The first kappa shape index (κ1) is 17.8. The Labute approximate surface area is 159 Å². The van der Waals surface area contributed by atoms with Gasteiger partial charge >= 0.3 is 0 Å². The Morgan fingerprint density at radius 2 is 1.92 bits per heavy atom. The van der Waals surface area contributed by atoms with Crippen LogP contribution in [0, 0.1) is 0 Å². The maximum atomic E-state index is 12.6. The number of rotatable bonds is 5. The SMILES string of the molecule is COc1ccc(Br)cc1/C=C1\SC(=O)N(CCc2ccccc2)C1=O. The summed E-state index contributed by atoms with van der Waals surface area (Å²) in [5.74, 6) is 0.396. The maximum absolute atomic E-state index is 12.6. The first-order valence-electron chi connectivity index (χ1n) is 7.71. The molecule has 6 heteroatoms. The second-order valence-electron chi connectivity index (χ2n) is 5.46. The van der Waals surface area contributed by atoms with Gasteiger partial charge in [0.2, 0.25) is 0 Å². The van der Waals surface area contributed by atoms with Crippen molar-refractivity contribution in [2.75, 3.05) is 13.7 Å². The summed E-state index contributed by atoms with van der Waals surface area (Å²) < 4.78 is 6.20. The van der Waals surface area contributed by atoms with Crippen LogP contribution in [0.1, 0.15) is 11.1 Å². The highest BCUT2D eigenvalue weighted by Crippen LogP contribution is 2.34. The number of amides is 2. The average Bonchev–Trinajstić information content (AvgIpc) is 2.88. The minimum Gasteiger partial charge on any atom is -0.496 e. The fourth-order valence-corrected chi connectivity index (χ4v) is 3.77. The highest BCUT2D eigenvalue weighted by atomic mass is 79.9. The van der Waals surface area contributed by atoms with Gasteiger partial charge in [-0.15, -0.1) is 0 Å². The monoisotopic (exact) mass is 417 g/mol. The van der Waals surface area contributed by atoms with Crippen molar-refractivity contribution >= 4 is 44.9 Å². The summed E-state index contributed by atoms with van der Waals surface area (Å²) >= 11 is 4.38. The van der Waals surface area contributed by atoms with E-state index < -0.39 is 0 Å². The van der Waals surface area contributed by atoms with E-state index in [0.29, 0.717) is 23.6 Å². The lowest BCUT2D eigenvalue weighted by Gasteiger charge is -2.12. The fourth-order valence-electron chi connectivity index (χ4n) is 2.54. The molecule has 0 saturated carbocycles. The van der Waals surface area contributed by atoms with Crippen LogP contribution in [0.2, 0.25) is 0 Å². The predicted molar refractivity (Wildman–Crippen MR) is 104 cm³/mol. The number of carbonyl (C=O) groups is 2. The summed E-state index contributed by atoms with van der Waals surface area (Å²) in [7, 11) is 1.58. The van der Waals surface area contributed by atoms with E-state index in [0.717, 1.165) is 27.4 Å². The summed E-state index contributed by atoms with van der Waals surface area (Å²) in [5.41, 5.74) is 1.85. The molecule has 25 heavy (non-hydrogen) atoms. The van der Waals surface area contributed by atoms with Crippen LogP contribution < -0.4 is 4.74 Å². The predicted octanol–water partition coefficient (Wildman–Crippen LogP) is 4.74. The molecule has 0 aromatic heterocycles. The lowest BCUT2D eigenvalue weighted by atomic mass is 10.1. The molecule has 0 bridgehead atoms. The molecule has 4 nitrogen and oxygen atoms in total. The van der Waals surface area contributed by atoms with Gasteiger partial charge in [0.1, 0.15) is 5.75 Å². The van der Waals surface area contributed by atoms with Gasteiger partial charge in [-0.1, -0.05) is 46.3 Å². The number of thioether (sulfide) groups is 1. The Hall–Kier alpha value is -2.05. The molecule has 1 fully saturated rings. The summed E-state index contributed by atoms with van der Waals surface area (Å²) in [6, 6.07) is 15.3. The van der Waals surface area contributed by atoms with Gasteiger partial charge < -0.3 is 4.74 Å². The van der Waals surface area contributed by atoms with Crippen molar-refractivity contribution in [2.45, 2.75) is 6.42 Å². The molecule has 2 aromatic rings. The normalized spacial score (nSPS) is 15.9. The molecule has 0 unspecified atom stereocenters. The van der Waals surface area contributed by atoms with E-state index in [1.807, 2.05) is 48.5 Å². The van der Waals surface area contributed by atoms with Gasteiger partial charge in [0, 0.05) is 16.6 Å². The van der Waals surface area contributed by atoms with Gasteiger partial charge in [0.05, 0.1) is 12.0 Å². The summed E-state index contributed by atoms with van der Waals surface area (Å²) in [6.07, 6.45) is 2.35. The topological polar surface area (TPSA) is 46.6 Å². The molecule has 1 aliphatic heterocycles. The van der Waals surface area contributed by atoms with Gasteiger partial charge in [-0.25, -0.2) is 0 Å². The maximum Gasteiger partial charge on any atom is 0.293 e. The Kier molecular flexibility index (Phi) is 5.60. The van der Waals surface area contributed by atoms with Gasteiger partial charge in [-0.2, -0.15) is 0 Å². The summed E-state index contributed by atoms with van der Waals surface area (Å²) in [4.78, 5) is 26.5. The molecular formula is C19H16BrNO3S. The Morgan fingerprint density at radius 3 is 2.64 bits per heavy atom. The minimum atomic E-state index is -0.257.